The molecule has 0 unspecified atom stereocenters. The van der Waals surface area contributed by atoms with Crippen LogP contribution in [0.5, 0.6) is 0 Å². The maximum atomic E-state index is 5.65. The molecular formula is C11H14N4. The van der Waals surface area contributed by atoms with Gasteiger partial charge in [0.15, 0.2) is 0 Å². The van der Waals surface area contributed by atoms with Crippen LogP contribution in [0.15, 0.2) is 36.7 Å². The predicted octanol–water partition coefficient (Wildman–Crippen LogP) is 1.62. The first-order valence-electron chi connectivity index (χ1n) is 4.83. The lowest BCUT2D eigenvalue weighted by molar-refractivity contribution is 0.922. The molecule has 4 nitrogen and oxygen atoms in total. The van der Waals surface area contributed by atoms with Crippen molar-refractivity contribution in [3.05, 3.63) is 42.2 Å². The molecule has 0 spiro atoms. The third-order valence-corrected chi connectivity index (χ3v) is 2.30. The third-order valence-electron chi connectivity index (χ3n) is 2.30. The Morgan fingerprint density at radius 1 is 1.40 bits per heavy atom. The molecule has 0 bridgehead atoms. The van der Waals surface area contributed by atoms with Gasteiger partial charge in [-0.05, 0) is 11.6 Å². The lowest BCUT2D eigenvalue weighted by atomic mass is 10.2. The van der Waals surface area contributed by atoms with Gasteiger partial charge in [0.1, 0.15) is 0 Å². The second kappa shape index (κ2) is 4.14. The standard InChI is InChI=1S/C11H14N4/c1-15-7-6-13-11(15)14-10-5-3-2-4-9(10)8-12/h2-7H,8,12H2,1H3,(H,13,14). The molecule has 15 heavy (non-hydrogen) atoms. The van der Waals surface area contributed by atoms with E-state index >= 15 is 0 Å². The molecule has 1 heterocycles. The van der Waals surface area contributed by atoms with E-state index in [4.69, 9.17) is 5.73 Å². The lowest BCUT2D eigenvalue weighted by Crippen LogP contribution is -2.04. The average Bonchev–Trinajstić information content (AvgIpc) is 2.65. The Labute approximate surface area is 88.7 Å². The van der Waals surface area contributed by atoms with E-state index in [1.807, 2.05) is 42.1 Å². The summed E-state index contributed by atoms with van der Waals surface area (Å²) in [5.41, 5.74) is 7.74. The van der Waals surface area contributed by atoms with Crippen LogP contribution in [0.3, 0.4) is 0 Å². The van der Waals surface area contributed by atoms with Gasteiger partial charge >= 0.3 is 0 Å². The molecule has 4 heteroatoms. The number of imidazole rings is 1. The van der Waals surface area contributed by atoms with Gasteiger partial charge in [-0.15, -0.1) is 0 Å². The Hall–Kier alpha value is -1.81. The van der Waals surface area contributed by atoms with Gasteiger partial charge in [0, 0.05) is 31.7 Å². The minimum atomic E-state index is 0.521. The van der Waals surface area contributed by atoms with E-state index in [9.17, 15) is 0 Å². The third kappa shape index (κ3) is 1.99. The van der Waals surface area contributed by atoms with Crippen molar-refractivity contribution < 1.29 is 0 Å². The van der Waals surface area contributed by atoms with Gasteiger partial charge in [-0.1, -0.05) is 18.2 Å². The van der Waals surface area contributed by atoms with Crippen molar-refractivity contribution in [3.63, 3.8) is 0 Å². The van der Waals surface area contributed by atoms with Crippen LogP contribution >= 0.6 is 0 Å². The van der Waals surface area contributed by atoms with Crippen molar-refractivity contribution in [1.29, 1.82) is 0 Å². The summed E-state index contributed by atoms with van der Waals surface area (Å²) in [4.78, 5) is 4.20. The number of hydrogen-bond donors (Lipinski definition) is 2. The van der Waals surface area contributed by atoms with Crippen LogP contribution in [-0.4, -0.2) is 9.55 Å². The molecule has 0 fully saturated rings. The molecule has 0 aliphatic carbocycles. The summed E-state index contributed by atoms with van der Waals surface area (Å²) >= 11 is 0. The SMILES string of the molecule is Cn1ccnc1Nc1ccccc1CN. The highest BCUT2D eigenvalue weighted by molar-refractivity contribution is 5.58. The number of nitrogens with one attached hydrogen (secondary N) is 1. The number of nitrogens with zero attached hydrogens (tertiary/aromatic N) is 2. The van der Waals surface area contributed by atoms with Gasteiger partial charge in [-0.25, -0.2) is 4.98 Å². The monoisotopic (exact) mass is 202 g/mol. The van der Waals surface area contributed by atoms with Gasteiger partial charge in [0.2, 0.25) is 5.95 Å². The van der Waals surface area contributed by atoms with Crippen LogP contribution in [0.25, 0.3) is 0 Å². The van der Waals surface area contributed by atoms with E-state index < -0.39 is 0 Å². The van der Waals surface area contributed by atoms with Crippen LogP contribution < -0.4 is 11.1 Å². The zero-order valence-corrected chi connectivity index (χ0v) is 8.64. The zero-order chi connectivity index (χ0) is 10.7. The average molecular weight is 202 g/mol. The smallest absolute Gasteiger partial charge is 0.207 e. The summed E-state index contributed by atoms with van der Waals surface area (Å²) in [7, 11) is 1.94. The van der Waals surface area contributed by atoms with Gasteiger partial charge in [-0.3, -0.25) is 0 Å². The van der Waals surface area contributed by atoms with E-state index in [2.05, 4.69) is 10.3 Å². The molecular weight excluding hydrogens is 188 g/mol. The Bertz CT molecular complexity index is 447. The first kappa shape index (κ1) is 9.73. The molecule has 0 aliphatic heterocycles. The zero-order valence-electron chi connectivity index (χ0n) is 8.64. The van der Waals surface area contributed by atoms with Gasteiger partial charge < -0.3 is 15.6 Å². The minimum absolute atomic E-state index is 0.521. The molecule has 78 valence electrons. The highest BCUT2D eigenvalue weighted by Crippen LogP contribution is 2.18. The Morgan fingerprint density at radius 3 is 2.87 bits per heavy atom. The summed E-state index contributed by atoms with van der Waals surface area (Å²) in [6, 6.07) is 7.96. The van der Waals surface area contributed by atoms with Crippen molar-refractivity contribution >= 4 is 11.6 Å². The fourth-order valence-electron chi connectivity index (χ4n) is 1.43. The normalized spacial score (nSPS) is 10.3. The first-order valence-corrected chi connectivity index (χ1v) is 4.83. The fraction of sp³-hybridized carbons (Fsp3) is 0.182. The van der Waals surface area contributed by atoms with Gasteiger partial charge in [0.05, 0.1) is 0 Å². The van der Waals surface area contributed by atoms with Crippen LogP contribution in [-0.2, 0) is 13.6 Å². The number of aromatic nitrogens is 2. The summed E-state index contributed by atoms with van der Waals surface area (Å²) in [6.45, 7) is 0.521. The largest absolute Gasteiger partial charge is 0.326 e. The van der Waals surface area contributed by atoms with Gasteiger partial charge in [-0.2, -0.15) is 0 Å². The molecule has 0 amide bonds. The number of nitrogens with two attached hydrogens (primary N) is 1. The molecule has 3 N–H and O–H groups in total. The molecule has 0 atom stereocenters. The Kier molecular flexibility index (Phi) is 2.69. The molecule has 1 aromatic heterocycles. The second-order valence-electron chi connectivity index (χ2n) is 3.35. The maximum absolute atomic E-state index is 5.65. The molecule has 0 aliphatic rings. The first-order chi connectivity index (χ1) is 7.31. The lowest BCUT2D eigenvalue weighted by Gasteiger charge is -2.09. The topological polar surface area (TPSA) is 55.9 Å². The van der Waals surface area contributed by atoms with E-state index in [1.54, 1.807) is 6.20 Å². The van der Waals surface area contributed by atoms with Crippen molar-refractivity contribution in [2.75, 3.05) is 5.32 Å². The number of hydrogen-bond acceptors (Lipinski definition) is 3. The van der Waals surface area contributed by atoms with Crippen LogP contribution in [0.4, 0.5) is 11.6 Å². The highest BCUT2D eigenvalue weighted by atomic mass is 15.2. The Morgan fingerprint density at radius 2 is 2.20 bits per heavy atom. The quantitative estimate of drug-likeness (QED) is 0.795. The van der Waals surface area contributed by atoms with Crippen molar-refractivity contribution in [3.8, 4) is 0 Å². The van der Waals surface area contributed by atoms with E-state index in [-0.39, 0.29) is 0 Å². The number of aryl methyl sites for hydroxylation is 1. The molecule has 2 aromatic rings. The molecule has 0 saturated heterocycles. The van der Waals surface area contributed by atoms with Crippen molar-refractivity contribution in [2.24, 2.45) is 12.8 Å². The number of para-hydroxylation sites is 1. The molecule has 0 radical (unpaired) electrons. The summed E-state index contributed by atoms with van der Waals surface area (Å²) in [6.07, 6.45) is 3.65. The number of anilines is 2. The number of rotatable bonds is 3. The maximum Gasteiger partial charge on any atom is 0.207 e. The summed E-state index contributed by atoms with van der Waals surface area (Å²) in [5.74, 6) is 0.816. The van der Waals surface area contributed by atoms with Crippen molar-refractivity contribution in [2.45, 2.75) is 6.54 Å². The van der Waals surface area contributed by atoms with E-state index in [0.717, 1.165) is 17.2 Å². The Balaban J connectivity index is 2.28. The van der Waals surface area contributed by atoms with Crippen LogP contribution in [0.2, 0.25) is 0 Å². The number of benzene rings is 1. The van der Waals surface area contributed by atoms with Crippen LogP contribution in [0.1, 0.15) is 5.56 Å². The second-order valence-corrected chi connectivity index (χ2v) is 3.35. The van der Waals surface area contributed by atoms with E-state index in [0.29, 0.717) is 6.54 Å². The van der Waals surface area contributed by atoms with Gasteiger partial charge in [0.25, 0.3) is 0 Å². The fourth-order valence-corrected chi connectivity index (χ4v) is 1.43. The molecule has 1 aromatic carbocycles. The highest BCUT2D eigenvalue weighted by Gasteiger charge is 2.02. The predicted molar refractivity (Wildman–Crippen MR) is 60.8 cm³/mol. The summed E-state index contributed by atoms with van der Waals surface area (Å²) < 4.78 is 1.92. The van der Waals surface area contributed by atoms with Crippen LogP contribution in [0, 0.1) is 0 Å². The molecule has 2 rings (SSSR count). The minimum Gasteiger partial charge on any atom is -0.326 e. The molecule has 0 saturated carbocycles. The van der Waals surface area contributed by atoms with Crippen molar-refractivity contribution in [1.82, 2.24) is 9.55 Å². The summed E-state index contributed by atoms with van der Waals surface area (Å²) in [5, 5.41) is 3.24. The van der Waals surface area contributed by atoms with E-state index in [1.165, 1.54) is 0 Å².